The van der Waals surface area contributed by atoms with Crippen molar-refractivity contribution in [2.45, 2.75) is 88.8 Å². The van der Waals surface area contributed by atoms with Gasteiger partial charge in [-0.05, 0) is 69.1 Å². The molecule has 1 saturated carbocycles. The highest BCUT2D eigenvalue weighted by atomic mass is 19.1. The highest BCUT2D eigenvalue weighted by Gasteiger charge is 2.43. The van der Waals surface area contributed by atoms with Crippen LogP contribution in [0.5, 0.6) is 0 Å². The van der Waals surface area contributed by atoms with E-state index in [4.69, 9.17) is 11.5 Å². The number of alkyl halides is 1. The first-order valence-corrected chi connectivity index (χ1v) is 16.4. The van der Waals surface area contributed by atoms with E-state index in [2.05, 4.69) is 32.8 Å². The van der Waals surface area contributed by atoms with Crippen molar-refractivity contribution in [2.24, 2.45) is 39.6 Å². The van der Waals surface area contributed by atoms with Gasteiger partial charge in [0.05, 0.1) is 24.2 Å². The van der Waals surface area contributed by atoms with Crippen molar-refractivity contribution in [1.82, 2.24) is 25.8 Å². The van der Waals surface area contributed by atoms with Crippen molar-refractivity contribution >= 4 is 18.0 Å². The number of rotatable bonds is 6. The van der Waals surface area contributed by atoms with E-state index in [0.717, 1.165) is 84.3 Å². The molecule has 4 aliphatic heterocycles. The van der Waals surface area contributed by atoms with Crippen LogP contribution in [-0.4, -0.2) is 111 Å². The van der Waals surface area contributed by atoms with Gasteiger partial charge in [-0.2, -0.15) is 0 Å². The second-order valence-corrected chi connectivity index (χ2v) is 13.5. The van der Waals surface area contributed by atoms with E-state index in [1.165, 1.54) is 12.6 Å². The van der Waals surface area contributed by atoms with Crippen molar-refractivity contribution in [2.75, 3.05) is 52.4 Å². The fraction of sp³-hybridized carbons (Fsp3) is 0.839. The molecule has 0 bridgehead atoms. The molecule has 5 rings (SSSR count). The van der Waals surface area contributed by atoms with E-state index in [9.17, 15) is 14.0 Å². The Morgan fingerprint density at radius 2 is 1.76 bits per heavy atom. The minimum Gasteiger partial charge on any atom is -0.350 e. The summed E-state index contributed by atoms with van der Waals surface area (Å²) in [7, 11) is 0. The molecular formula is C31H53FN8O2. The number of hydrogen-bond donors (Lipinski definition) is 5. The SMILES string of the molecule is CC1CNCC(NC(=O)C(C(N)N)C2CC3(/C=C\C(F)/C=N\2)CCCCC3)C1N1CCC(C(=O)N2CCNCC2)CC1. The fourth-order valence-electron chi connectivity index (χ4n) is 8.25. The Morgan fingerprint density at radius 3 is 2.45 bits per heavy atom. The van der Waals surface area contributed by atoms with Crippen LogP contribution in [0.2, 0.25) is 0 Å². The molecule has 0 aromatic heterocycles. The molecule has 1 aliphatic carbocycles. The Morgan fingerprint density at radius 1 is 1.05 bits per heavy atom. The number of carbonyl (C=O) groups is 2. The molecule has 6 atom stereocenters. The second-order valence-electron chi connectivity index (χ2n) is 13.5. The average Bonchev–Trinajstić information content (AvgIpc) is 2.99. The van der Waals surface area contributed by atoms with Crippen LogP contribution in [-0.2, 0) is 9.59 Å². The van der Waals surface area contributed by atoms with Crippen LogP contribution in [0.3, 0.4) is 0 Å². The van der Waals surface area contributed by atoms with E-state index in [1.54, 1.807) is 6.08 Å². The van der Waals surface area contributed by atoms with Gasteiger partial charge in [0.1, 0.15) is 0 Å². The van der Waals surface area contributed by atoms with E-state index < -0.39 is 24.3 Å². The van der Waals surface area contributed by atoms with Crippen molar-refractivity contribution in [1.29, 1.82) is 0 Å². The van der Waals surface area contributed by atoms with Gasteiger partial charge in [0.15, 0.2) is 6.17 Å². The largest absolute Gasteiger partial charge is 0.350 e. The van der Waals surface area contributed by atoms with Gasteiger partial charge in [0.2, 0.25) is 11.8 Å². The van der Waals surface area contributed by atoms with Crippen LogP contribution in [0, 0.1) is 23.2 Å². The van der Waals surface area contributed by atoms with E-state index >= 15 is 0 Å². The lowest BCUT2D eigenvalue weighted by Gasteiger charge is -2.47. The van der Waals surface area contributed by atoms with Gasteiger partial charge in [-0.3, -0.25) is 19.5 Å². The minimum absolute atomic E-state index is 0.0710. The molecule has 6 unspecified atom stereocenters. The summed E-state index contributed by atoms with van der Waals surface area (Å²) in [6.45, 7) is 8.73. The molecule has 5 aliphatic rings. The number of nitrogens with two attached hydrogens (primary N) is 2. The second kappa shape index (κ2) is 14.2. The van der Waals surface area contributed by atoms with Crippen molar-refractivity contribution in [3.8, 4) is 0 Å². The van der Waals surface area contributed by atoms with Crippen LogP contribution in [0.4, 0.5) is 4.39 Å². The van der Waals surface area contributed by atoms with Crippen LogP contribution in [0.1, 0.15) is 58.3 Å². The Balaban J connectivity index is 1.26. The third-order valence-corrected chi connectivity index (χ3v) is 10.5. The van der Waals surface area contributed by atoms with Gasteiger partial charge >= 0.3 is 0 Å². The number of nitrogens with zero attached hydrogens (tertiary/aromatic N) is 3. The zero-order chi connectivity index (χ0) is 29.7. The Labute approximate surface area is 250 Å². The van der Waals surface area contributed by atoms with Gasteiger partial charge in [-0.15, -0.1) is 0 Å². The van der Waals surface area contributed by atoms with Crippen LogP contribution >= 0.6 is 0 Å². The predicted octanol–water partition coefficient (Wildman–Crippen LogP) is 0.771. The maximum atomic E-state index is 14.6. The molecule has 4 heterocycles. The standard InChI is InChI=1S/C31H53FN8O2/c1-21-18-36-20-25(27(21)39-13-6-22(7-14-39)30(42)40-15-11-35-12-16-40)38-29(41)26(28(33)34)24-17-31(8-3-2-4-9-31)10-5-23(32)19-37-24/h5,10,19,21-28,35-36H,2-4,6-9,11-18,20,33-34H2,1H3,(H,38,41)/b10-5-,37-19-. The molecule has 0 radical (unpaired) electrons. The number of carbonyl (C=O) groups excluding carboxylic acids is 2. The lowest BCUT2D eigenvalue weighted by Crippen LogP contribution is -2.66. The smallest absolute Gasteiger partial charge is 0.228 e. The first kappa shape index (κ1) is 31.5. The summed E-state index contributed by atoms with van der Waals surface area (Å²) in [5.41, 5.74) is 12.4. The summed E-state index contributed by atoms with van der Waals surface area (Å²) in [4.78, 5) is 36.2. The van der Waals surface area contributed by atoms with Gasteiger partial charge in [-0.1, -0.05) is 32.3 Å². The van der Waals surface area contributed by atoms with Crippen molar-refractivity contribution in [3.63, 3.8) is 0 Å². The molecule has 4 fully saturated rings. The molecule has 42 heavy (non-hydrogen) atoms. The zero-order valence-corrected chi connectivity index (χ0v) is 25.4. The third kappa shape index (κ3) is 7.41. The van der Waals surface area contributed by atoms with E-state index in [-0.39, 0.29) is 29.3 Å². The summed E-state index contributed by atoms with van der Waals surface area (Å²) >= 11 is 0. The van der Waals surface area contributed by atoms with Gasteiger partial charge in [0.25, 0.3) is 0 Å². The van der Waals surface area contributed by atoms with Crippen molar-refractivity contribution < 1.29 is 14.0 Å². The number of piperazine rings is 1. The first-order valence-electron chi connectivity index (χ1n) is 16.4. The van der Waals surface area contributed by atoms with Gasteiger partial charge < -0.3 is 32.3 Å². The number of piperidine rings is 2. The molecule has 7 N–H and O–H groups in total. The molecule has 0 aromatic rings. The molecule has 2 amide bonds. The molecule has 3 saturated heterocycles. The fourth-order valence-corrected chi connectivity index (χ4v) is 8.25. The topological polar surface area (TPSA) is 141 Å². The average molecular weight is 589 g/mol. The zero-order valence-electron chi connectivity index (χ0n) is 25.4. The highest BCUT2D eigenvalue weighted by molar-refractivity contribution is 5.81. The lowest BCUT2D eigenvalue weighted by molar-refractivity contribution is -0.138. The Kier molecular flexibility index (Phi) is 10.7. The molecule has 0 aromatic carbocycles. The van der Waals surface area contributed by atoms with Gasteiger partial charge in [-0.25, -0.2) is 4.39 Å². The highest BCUT2D eigenvalue weighted by Crippen LogP contribution is 2.44. The molecule has 1 spiro atoms. The maximum Gasteiger partial charge on any atom is 0.228 e. The quantitative estimate of drug-likeness (QED) is 0.228. The van der Waals surface area contributed by atoms with E-state index in [0.29, 0.717) is 24.8 Å². The number of allylic oxidation sites excluding steroid dienone is 2. The Hall–Kier alpha value is -1.92. The number of likely N-dealkylation sites (tertiary alicyclic amines) is 1. The summed E-state index contributed by atoms with van der Waals surface area (Å²) in [6, 6.07) is -0.466. The number of aliphatic imine (C=N–C) groups is 1. The monoisotopic (exact) mass is 588 g/mol. The minimum atomic E-state index is -1.28. The number of nitrogens with one attached hydrogen (secondary N) is 3. The number of hydrogen-bond acceptors (Lipinski definition) is 8. The Bertz CT molecular complexity index is 972. The molecular weight excluding hydrogens is 535 g/mol. The first-order chi connectivity index (χ1) is 20.3. The predicted molar refractivity (Wildman–Crippen MR) is 164 cm³/mol. The normalized spacial score (nSPS) is 35.3. The molecule has 11 heteroatoms. The van der Waals surface area contributed by atoms with Crippen LogP contribution in [0.25, 0.3) is 0 Å². The summed E-state index contributed by atoms with van der Waals surface area (Å²) in [5.74, 6) is -0.273. The lowest BCUT2D eigenvalue weighted by atomic mass is 9.68. The third-order valence-electron chi connectivity index (χ3n) is 10.5. The number of amides is 2. The maximum absolute atomic E-state index is 14.6. The van der Waals surface area contributed by atoms with Crippen LogP contribution in [0.15, 0.2) is 17.1 Å². The van der Waals surface area contributed by atoms with Crippen LogP contribution < -0.4 is 27.4 Å². The van der Waals surface area contributed by atoms with Crippen molar-refractivity contribution in [3.05, 3.63) is 12.2 Å². The summed E-state index contributed by atoms with van der Waals surface area (Å²) in [5, 5.41) is 10.1. The number of halogens is 1. The van der Waals surface area contributed by atoms with E-state index in [1.807, 2.05) is 11.0 Å². The molecule has 236 valence electrons. The summed E-state index contributed by atoms with van der Waals surface area (Å²) < 4.78 is 14.6. The van der Waals surface area contributed by atoms with Gasteiger partial charge in [0, 0.05) is 50.9 Å². The molecule has 10 nitrogen and oxygen atoms in total. The summed E-state index contributed by atoms with van der Waals surface area (Å²) in [6.07, 6.45) is 10.4.